The van der Waals surface area contributed by atoms with Crippen molar-refractivity contribution >= 4 is 34.7 Å². The summed E-state index contributed by atoms with van der Waals surface area (Å²) in [5.41, 5.74) is 17.0. The van der Waals surface area contributed by atoms with Gasteiger partial charge in [-0.15, -0.1) is 0 Å². The van der Waals surface area contributed by atoms with Gasteiger partial charge in [0, 0.05) is 23.2 Å². The normalized spacial score (nSPS) is 15.7. The molecule has 0 aromatic heterocycles. The van der Waals surface area contributed by atoms with E-state index in [9.17, 15) is 9.59 Å². The lowest BCUT2D eigenvalue weighted by Crippen LogP contribution is -2.49. The lowest BCUT2D eigenvalue weighted by Gasteiger charge is -2.27. The quantitative estimate of drug-likeness (QED) is 0.425. The number of thiocarbonyl (C=S) groups is 1. The van der Waals surface area contributed by atoms with Gasteiger partial charge in [0.15, 0.2) is 0 Å². The average Bonchev–Trinajstić information content (AvgIpc) is 2.96. The second-order valence-electron chi connectivity index (χ2n) is 9.98. The highest BCUT2D eigenvalue weighted by atomic mass is 32.1. The SMILES string of the molecule is CC(C)(N)CC(=O)N[C@@H]1CCc2ccccc2N(Cc2ccc(-c3ccccc3C(N)=S)cc2)C1=O. The molecule has 0 aliphatic carbocycles. The Kier molecular flexibility index (Phi) is 7.52. The fourth-order valence-electron chi connectivity index (χ4n) is 4.59. The molecular formula is C29H32N4O2S. The highest BCUT2D eigenvalue weighted by Crippen LogP contribution is 2.30. The molecule has 36 heavy (non-hydrogen) atoms. The number of para-hydroxylation sites is 1. The minimum Gasteiger partial charge on any atom is -0.389 e. The molecule has 1 atom stereocenters. The van der Waals surface area contributed by atoms with E-state index in [-0.39, 0.29) is 18.2 Å². The smallest absolute Gasteiger partial charge is 0.249 e. The fraction of sp³-hybridized carbons (Fsp3) is 0.276. The van der Waals surface area contributed by atoms with E-state index in [0.717, 1.165) is 33.5 Å². The molecular weight excluding hydrogens is 468 g/mol. The first-order valence-electron chi connectivity index (χ1n) is 12.1. The van der Waals surface area contributed by atoms with Gasteiger partial charge in [0.05, 0.1) is 6.54 Å². The predicted molar refractivity (Wildman–Crippen MR) is 149 cm³/mol. The van der Waals surface area contributed by atoms with Gasteiger partial charge in [-0.3, -0.25) is 9.59 Å². The molecule has 4 rings (SSSR count). The van der Waals surface area contributed by atoms with E-state index in [1.807, 2.05) is 72.8 Å². The van der Waals surface area contributed by atoms with Gasteiger partial charge >= 0.3 is 0 Å². The number of benzene rings is 3. The number of nitrogens with two attached hydrogens (primary N) is 2. The van der Waals surface area contributed by atoms with E-state index in [1.165, 1.54) is 0 Å². The minimum absolute atomic E-state index is 0.119. The summed E-state index contributed by atoms with van der Waals surface area (Å²) in [5.74, 6) is -0.335. The van der Waals surface area contributed by atoms with Crippen molar-refractivity contribution in [1.82, 2.24) is 5.32 Å². The van der Waals surface area contributed by atoms with Gasteiger partial charge in [0.2, 0.25) is 11.8 Å². The van der Waals surface area contributed by atoms with Crippen LogP contribution in [0.3, 0.4) is 0 Å². The Balaban J connectivity index is 1.59. The van der Waals surface area contributed by atoms with Gasteiger partial charge in [-0.05, 0) is 55.0 Å². The van der Waals surface area contributed by atoms with Crippen LogP contribution in [0.2, 0.25) is 0 Å². The monoisotopic (exact) mass is 500 g/mol. The summed E-state index contributed by atoms with van der Waals surface area (Å²) in [4.78, 5) is 28.4. The van der Waals surface area contributed by atoms with E-state index in [4.69, 9.17) is 23.7 Å². The highest BCUT2D eigenvalue weighted by molar-refractivity contribution is 7.80. The third-order valence-corrected chi connectivity index (χ3v) is 6.52. The number of rotatable bonds is 7. The largest absolute Gasteiger partial charge is 0.389 e. The second kappa shape index (κ2) is 10.6. The highest BCUT2D eigenvalue weighted by Gasteiger charge is 2.32. The van der Waals surface area contributed by atoms with Gasteiger partial charge in [0.1, 0.15) is 11.0 Å². The van der Waals surface area contributed by atoms with Gasteiger partial charge in [-0.1, -0.05) is 78.9 Å². The predicted octanol–water partition coefficient (Wildman–Crippen LogP) is 4.08. The van der Waals surface area contributed by atoms with Gasteiger partial charge in [-0.2, -0.15) is 0 Å². The summed E-state index contributed by atoms with van der Waals surface area (Å²) in [6.45, 7) is 3.99. The summed E-state index contributed by atoms with van der Waals surface area (Å²) < 4.78 is 0. The summed E-state index contributed by atoms with van der Waals surface area (Å²) in [6, 6.07) is 23.1. The van der Waals surface area contributed by atoms with Gasteiger partial charge < -0.3 is 21.7 Å². The Morgan fingerprint density at radius 1 is 1.06 bits per heavy atom. The third kappa shape index (κ3) is 5.98. The number of amides is 2. The first-order chi connectivity index (χ1) is 17.1. The van der Waals surface area contributed by atoms with Crippen LogP contribution in [0.1, 0.15) is 43.4 Å². The van der Waals surface area contributed by atoms with E-state index in [1.54, 1.807) is 18.7 Å². The molecule has 0 bridgehead atoms. The van der Waals surface area contributed by atoms with Crippen LogP contribution >= 0.6 is 12.2 Å². The van der Waals surface area contributed by atoms with Crippen molar-refractivity contribution in [3.05, 3.63) is 89.5 Å². The number of nitrogens with one attached hydrogen (secondary N) is 1. The topological polar surface area (TPSA) is 101 Å². The third-order valence-electron chi connectivity index (χ3n) is 6.30. The van der Waals surface area contributed by atoms with E-state index >= 15 is 0 Å². The molecule has 0 unspecified atom stereocenters. The lowest BCUT2D eigenvalue weighted by molar-refractivity contribution is -0.128. The lowest BCUT2D eigenvalue weighted by atomic mass is 9.98. The van der Waals surface area contributed by atoms with Crippen molar-refractivity contribution in [3.8, 4) is 11.1 Å². The van der Waals surface area contributed by atoms with Crippen LogP contribution < -0.4 is 21.7 Å². The number of hydrogen-bond acceptors (Lipinski definition) is 4. The number of hydrogen-bond donors (Lipinski definition) is 3. The number of aryl methyl sites for hydroxylation is 1. The number of anilines is 1. The zero-order chi connectivity index (χ0) is 25.9. The Labute approximate surface area is 217 Å². The van der Waals surface area contributed by atoms with Crippen LogP contribution in [0.5, 0.6) is 0 Å². The van der Waals surface area contributed by atoms with E-state index < -0.39 is 11.6 Å². The molecule has 3 aromatic rings. The first kappa shape index (κ1) is 25.5. The molecule has 1 aliphatic heterocycles. The Morgan fingerprint density at radius 2 is 1.72 bits per heavy atom. The van der Waals surface area contributed by atoms with Gasteiger partial charge in [0.25, 0.3) is 0 Å². The summed E-state index contributed by atoms with van der Waals surface area (Å²) in [7, 11) is 0. The summed E-state index contributed by atoms with van der Waals surface area (Å²) >= 11 is 5.21. The molecule has 3 aromatic carbocycles. The van der Waals surface area contributed by atoms with Crippen LogP contribution in [0.15, 0.2) is 72.8 Å². The summed E-state index contributed by atoms with van der Waals surface area (Å²) in [5, 5.41) is 2.93. The number of carbonyl (C=O) groups is 2. The van der Waals surface area contributed by atoms with Crippen LogP contribution in [-0.4, -0.2) is 28.4 Å². The van der Waals surface area contributed by atoms with Crippen LogP contribution in [0.25, 0.3) is 11.1 Å². The molecule has 186 valence electrons. The molecule has 7 heteroatoms. The Bertz CT molecular complexity index is 1280. The maximum absolute atomic E-state index is 13.7. The number of nitrogens with zero attached hydrogens (tertiary/aromatic N) is 1. The second-order valence-corrected chi connectivity index (χ2v) is 10.4. The molecule has 0 spiro atoms. The maximum Gasteiger partial charge on any atom is 0.249 e. The van der Waals surface area contributed by atoms with Crippen molar-refractivity contribution in [1.29, 1.82) is 0 Å². The first-order valence-corrected chi connectivity index (χ1v) is 12.5. The van der Waals surface area contributed by atoms with Crippen LogP contribution in [0.4, 0.5) is 5.69 Å². The Hall–Kier alpha value is -3.55. The number of fused-ring (bicyclic) bond motifs is 1. The zero-order valence-corrected chi connectivity index (χ0v) is 21.5. The summed E-state index contributed by atoms with van der Waals surface area (Å²) in [6.07, 6.45) is 1.39. The van der Waals surface area contributed by atoms with Crippen molar-refractivity contribution in [2.24, 2.45) is 11.5 Å². The minimum atomic E-state index is -0.644. The van der Waals surface area contributed by atoms with E-state index in [0.29, 0.717) is 24.4 Å². The molecule has 5 N–H and O–H groups in total. The van der Waals surface area contributed by atoms with E-state index in [2.05, 4.69) is 5.32 Å². The molecule has 2 amide bonds. The molecule has 1 aliphatic rings. The van der Waals surface area contributed by atoms with Crippen LogP contribution in [0, 0.1) is 0 Å². The Morgan fingerprint density at radius 3 is 2.42 bits per heavy atom. The van der Waals surface area contributed by atoms with Crippen molar-refractivity contribution in [2.75, 3.05) is 4.90 Å². The molecule has 0 radical (unpaired) electrons. The number of carbonyl (C=O) groups excluding carboxylic acids is 2. The van der Waals surface area contributed by atoms with Crippen molar-refractivity contribution in [2.45, 2.75) is 51.2 Å². The van der Waals surface area contributed by atoms with Crippen molar-refractivity contribution in [3.63, 3.8) is 0 Å². The molecule has 6 nitrogen and oxygen atoms in total. The maximum atomic E-state index is 13.7. The fourth-order valence-corrected chi connectivity index (χ4v) is 4.77. The average molecular weight is 501 g/mol. The zero-order valence-electron chi connectivity index (χ0n) is 20.7. The molecule has 0 saturated carbocycles. The molecule has 0 saturated heterocycles. The van der Waals surface area contributed by atoms with Gasteiger partial charge in [-0.25, -0.2) is 0 Å². The standard InChI is InChI=1S/C29H32N4O2S/c1-29(2,31)17-26(34)32-24-16-15-21-7-3-6-10-25(21)33(28(24)35)18-19-11-13-20(14-12-19)22-8-4-5-9-23(22)27(30)36/h3-14,24H,15-18,31H2,1-2H3,(H2,30,36)(H,32,34)/t24-/m1/s1. The van der Waals surface area contributed by atoms with Crippen LogP contribution in [-0.2, 0) is 22.6 Å². The molecule has 1 heterocycles. The van der Waals surface area contributed by atoms with Crippen molar-refractivity contribution < 1.29 is 9.59 Å². The molecule has 0 fully saturated rings.